The van der Waals surface area contributed by atoms with E-state index in [1.54, 1.807) is 33.1 Å². The molecular weight excluding hydrogens is 406 g/mol. The summed E-state index contributed by atoms with van der Waals surface area (Å²) in [5.41, 5.74) is 3.17. The van der Waals surface area contributed by atoms with Crippen molar-refractivity contribution in [2.45, 2.75) is 51.4 Å². The molecule has 1 atom stereocenters. The summed E-state index contributed by atoms with van der Waals surface area (Å²) in [5, 5.41) is 4.20. The zero-order chi connectivity index (χ0) is 22.3. The van der Waals surface area contributed by atoms with Crippen molar-refractivity contribution in [1.29, 1.82) is 0 Å². The van der Waals surface area contributed by atoms with Crippen molar-refractivity contribution < 1.29 is 14.3 Å². The average molecular weight is 438 g/mol. The second-order valence-electron chi connectivity index (χ2n) is 8.64. The van der Waals surface area contributed by atoms with Crippen LogP contribution in [0.15, 0.2) is 48.6 Å². The van der Waals surface area contributed by atoms with Gasteiger partial charge in [0, 0.05) is 57.3 Å². The first-order valence-electron chi connectivity index (χ1n) is 11.3. The summed E-state index contributed by atoms with van der Waals surface area (Å²) in [6.45, 7) is 1.80. The van der Waals surface area contributed by atoms with Crippen molar-refractivity contribution in [2.24, 2.45) is 7.05 Å². The van der Waals surface area contributed by atoms with E-state index in [9.17, 15) is 9.59 Å². The molecule has 1 saturated heterocycles. The van der Waals surface area contributed by atoms with Crippen LogP contribution in [0.25, 0.3) is 0 Å². The van der Waals surface area contributed by atoms with Crippen molar-refractivity contribution in [3.63, 3.8) is 0 Å². The van der Waals surface area contributed by atoms with Crippen LogP contribution in [0.4, 0.5) is 0 Å². The molecule has 0 spiro atoms. The van der Waals surface area contributed by atoms with Crippen molar-refractivity contribution in [1.82, 2.24) is 24.6 Å². The largest absolute Gasteiger partial charge is 0.370 e. The van der Waals surface area contributed by atoms with Crippen LogP contribution in [-0.2, 0) is 34.5 Å². The molecule has 1 aliphatic heterocycles. The third kappa shape index (κ3) is 6.03. The van der Waals surface area contributed by atoms with Crippen molar-refractivity contribution in [3.05, 3.63) is 59.7 Å². The quantitative estimate of drug-likeness (QED) is 0.622. The Labute approximate surface area is 188 Å². The highest BCUT2D eigenvalue weighted by Crippen LogP contribution is 2.22. The summed E-state index contributed by atoms with van der Waals surface area (Å²) in [6.07, 6.45) is 13.8. The minimum absolute atomic E-state index is 0.00670. The van der Waals surface area contributed by atoms with E-state index in [0.29, 0.717) is 32.7 Å². The van der Waals surface area contributed by atoms with Crippen LogP contribution < -0.4 is 0 Å². The number of aromatic nitrogens is 3. The molecule has 1 aliphatic carbocycles. The minimum Gasteiger partial charge on any atom is -0.370 e. The maximum atomic E-state index is 13.1. The predicted molar refractivity (Wildman–Crippen MR) is 119 cm³/mol. The van der Waals surface area contributed by atoms with Gasteiger partial charge in [-0.15, -0.1) is 0 Å². The lowest BCUT2D eigenvalue weighted by atomic mass is 9.97. The van der Waals surface area contributed by atoms with E-state index < -0.39 is 0 Å². The third-order valence-corrected chi connectivity index (χ3v) is 6.01. The van der Waals surface area contributed by atoms with Gasteiger partial charge in [0.1, 0.15) is 0 Å². The zero-order valence-electron chi connectivity index (χ0n) is 18.7. The highest BCUT2D eigenvalue weighted by Gasteiger charge is 2.31. The maximum Gasteiger partial charge on any atom is 0.242 e. The predicted octanol–water partition coefficient (Wildman–Crippen LogP) is 2.46. The zero-order valence-corrected chi connectivity index (χ0v) is 18.7. The lowest BCUT2D eigenvalue weighted by Gasteiger charge is -2.25. The first-order chi connectivity index (χ1) is 15.6. The SMILES string of the molecule is Cn1cc(CN2CC(OCc3ccncc3)CN(C(=O)CC3=CCCCC3)CC2=O)cn1. The Balaban J connectivity index is 1.46. The number of allylic oxidation sites excluding steroid dienone is 1. The monoisotopic (exact) mass is 437 g/mol. The molecule has 2 aromatic rings. The van der Waals surface area contributed by atoms with Crippen LogP contribution in [0.5, 0.6) is 0 Å². The number of hydrogen-bond donors (Lipinski definition) is 0. The van der Waals surface area contributed by atoms with Crippen molar-refractivity contribution in [3.8, 4) is 0 Å². The Morgan fingerprint density at radius 2 is 2.03 bits per heavy atom. The van der Waals surface area contributed by atoms with Crippen LogP contribution in [-0.4, -0.2) is 62.1 Å². The summed E-state index contributed by atoms with van der Waals surface area (Å²) in [7, 11) is 1.86. The van der Waals surface area contributed by atoms with Crippen molar-refractivity contribution >= 4 is 11.8 Å². The molecule has 2 amide bonds. The Morgan fingerprint density at radius 1 is 1.19 bits per heavy atom. The van der Waals surface area contributed by atoms with Gasteiger partial charge >= 0.3 is 0 Å². The molecule has 1 fully saturated rings. The molecule has 1 unspecified atom stereocenters. The molecule has 2 aliphatic rings. The number of rotatable bonds is 7. The fourth-order valence-corrected chi connectivity index (χ4v) is 4.27. The molecule has 0 radical (unpaired) electrons. The fourth-order valence-electron chi connectivity index (χ4n) is 4.27. The number of carbonyl (C=O) groups excluding carboxylic acids is 2. The van der Waals surface area contributed by atoms with Gasteiger partial charge in [0.2, 0.25) is 11.8 Å². The standard InChI is InChI=1S/C24H31N5O3/c1-27-13-21(12-26-27)14-28-15-22(32-18-20-7-9-25-10-8-20)16-29(17-24(28)31)23(30)11-19-5-3-2-4-6-19/h5,7-10,12-13,22H,2-4,6,11,14-18H2,1H3. The highest BCUT2D eigenvalue weighted by molar-refractivity contribution is 5.86. The Hall–Kier alpha value is -3.00. The number of carbonyl (C=O) groups is 2. The van der Waals surface area contributed by atoms with Gasteiger partial charge in [0.15, 0.2) is 0 Å². The summed E-state index contributed by atoms with van der Waals surface area (Å²) in [4.78, 5) is 33.7. The molecule has 32 heavy (non-hydrogen) atoms. The number of pyridine rings is 1. The van der Waals surface area contributed by atoms with Gasteiger partial charge in [0.25, 0.3) is 0 Å². The lowest BCUT2D eigenvalue weighted by Crippen LogP contribution is -2.39. The van der Waals surface area contributed by atoms with E-state index in [4.69, 9.17) is 4.74 Å². The van der Waals surface area contributed by atoms with Gasteiger partial charge in [0.05, 0.1) is 25.5 Å². The molecule has 0 bridgehead atoms. The molecule has 3 heterocycles. The Bertz CT molecular complexity index is 956. The number of nitrogens with zero attached hydrogens (tertiary/aromatic N) is 5. The second kappa shape index (κ2) is 10.5. The van der Waals surface area contributed by atoms with E-state index in [0.717, 1.165) is 30.4 Å². The van der Waals surface area contributed by atoms with E-state index in [1.807, 2.05) is 25.4 Å². The summed E-state index contributed by atoms with van der Waals surface area (Å²) < 4.78 is 7.91. The van der Waals surface area contributed by atoms with Crippen LogP contribution >= 0.6 is 0 Å². The molecule has 0 aromatic carbocycles. The molecule has 8 nitrogen and oxygen atoms in total. The number of hydrogen-bond acceptors (Lipinski definition) is 5. The molecular formula is C24H31N5O3. The first-order valence-corrected chi connectivity index (χ1v) is 11.3. The summed E-state index contributed by atoms with van der Waals surface area (Å²) in [6, 6.07) is 3.82. The Morgan fingerprint density at radius 3 is 2.75 bits per heavy atom. The molecule has 170 valence electrons. The molecule has 8 heteroatoms. The van der Waals surface area contributed by atoms with E-state index in [2.05, 4.69) is 16.2 Å². The molecule has 4 rings (SSSR count). The lowest BCUT2D eigenvalue weighted by molar-refractivity contribution is -0.138. The second-order valence-corrected chi connectivity index (χ2v) is 8.64. The topological polar surface area (TPSA) is 80.6 Å². The first kappa shape index (κ1) is 22.2. The van der Waals surface area contributed by atoms with E-state index >= 15 is 0 Å². The van der Waals surface area contributed by atoms with Gasteiger partial charge in [-0.1, -0.05) is 11.6 Å². The van der Waals surface area contributed by atoms with E-state index in [1.165, 1.54) is 12.0 Å². The number of aryl methyl sites for hydroxylation is 1. The highest BCUT2D eigenvalue weighted by atomic mass is 16.5. The normalized spacial score (nSPS) is 19.6. The molecule has 0 N–H and O–H groups in total. The van der Waals surface area contributed by atoms with Gasteiger partial charge in [-0.2, -0.15) is 5.10 Å². The van der Waals surface area contributed by atoms with E-state index in [-0.39, 0.29) is 24.5 Å². The van der Waals surface area contributed by atoms with Crippen LogP contribution in [0.2, 0.25) is 0 Å². The fraction of sp³-hybridized carbons (Fsp3) is 0.500. The molecule has 0 saturated carbocycles. The number of ether oxygens (including phenoxy) is 1. The summed E-state index contributed by atoms with van der Waals surface area (Å²) >= 11 is 0. The van der Waals surface area contributed by atoms with Gasteiger partial charge in [-0.3, -0.25) is 19.3 Å². The Kier molecular flexibility index (Phi) is 7.32. The van der Waals surface area contributed by atoms with Gasteiger partial charge in [-0.05, 0) is 43.4 Å². The average Bonchev–Trinajstić information content (AvgIpc) is 3.14. The summed E-state index contributed by atoms with van der Waals surface area (Å²) in [5.74, 6) is -0.0536. The van der Waals surface area contributed by atoms with Crippen LogP contribution in [0, 0.1) is 0 Å². The van der Waals surface area contributed by atoms with Crippen LogP contribution in [0.3, 0.4) is 0 Å². The van der Waals surface area contributed by atoms with Crippen molar-refractivity contribution in [2.75, 3.05) is 19.6 Å². The smallest absolute Gasteiger partial charge is 0.242 e. The van der Waals surface area contributed by atoms with Gasteiger partial charge in [-0.25, -0.2) is 0 Å². The van der Waals surface area contributed by atoms with Gasteiger partial charge < -0.3 is 14.5 Å². The number of amides is 2. The minimum atomic E-state index is -0.268. The maximum absolute atomic E-state index is 13.1. The third-order valence-electron chi connectivity index (χ3n) is 6.01. The van der Waals surface area contributed by atoms with Crippen LogP contribution in [0.1, 0.15) is 43.2 Å². The molecule has 2 aromatic heterocycles.